The van der Waals surface area contributed by atoms with Crippen molar-refractivity contribution in [2.45, 2.75) is 44.6 Å². The number of benzene rings is 1. The van der Waals surface area contributed by atoms with Crippen LogP contribution in [0.25, 0.3) is 0 Å². The highest BCUT2D eigenvalue weighted by atomic mass is 16.5. The van der Waals surface area contributed by atoms with E-state index in [0.717, 1.165) is 38.5 Å². The molecule has 2 saturated carbocycles. The number of ether oxygens (including phenoxy) is 2. The summed E-state index contributed by atoms with van der Waals surface area (Å²) in [6, 6.07) is 8.78. The van der Waals surface area contributed by atoms with Crippen LogP contribution in [0, 0.1) is 29.1 Å². The molecule has 3 rings (SSSR count). The fourth-order valence-corrected chi connectivity index (χ4v) is 4.07. The van der Waals surface area contributed by atoms with Crippen molar-refractivity contribution in [3.63, 3.8) is 0 Å². The molecule has 0 spiro atoms. The van der Waals surface area contributed by atoms with Gasteiger partial charge in [-0.3, -0.25) is 4.79 Å². The zero-order valence-electron chi connectivity index (χ0n) is 13.5. The van der Waals surface area contributed by atoms with Crippen molar-refractivity contribution >= 4 is 5.97 Å². The van der Waals surface area contributed by atoms with Gasteiger partial charge in [0.05, 0.1) is 23.7 Å². The maximum absolute atomic E-state index is 12.4. The van der Waals surface area contributed by atoms with Crippen LogP contribution in [0.4, 0.5) is 0 Å². The van der Waals surface area contributed by atoms with Gasteiger partial charge in [0, 0.05) is 7.11 Å². The second-order valence-corrected chi connectivity index (χ2v) is 6.76. The Bertz CT molecular complexity index is 590. The highest BCUT2D eigenvalue weighted by molar-refractivity contribution is 5.75. The number of fused-ring (bicyclic) bond motifs is 1. The highest BCUT2D eigenvalue weighted by Crippen LogP contribution is 2.43. The number of esters is 1. The number of hydrogen-bond donors (Lipinski definition) is 0. The van der Waals surface area contributed by atoms with Crippen molar-refractivity contribution in [3.05, 3.63) is 29.8 Å². The Balaban J connectivity index is 1.56. The van der Waals surface area contributed by atoms with Crippen molar-refractivity contribution in [2.75, 3.05) is 7.11 Å². The molecule has 122 valence electrons. The number of nitriles is 1. The normalized spacial score (nSPS) is 30.1. The maximum Gasteiger partial charge on any atom is 0.314 e. The lowest BCUT2D eigenvalue weighted by Crippen LogP contribution is -2.36. The minimum atomic E-state index is -0.123. The third-order valence-corrected chi connectivity index (χ3v) is 5.43. The van der Waals surface area contributed by atoms with Crippen molar-refractivity contribution in [1.82, 2.24) is 0 Å². The molecule has 2 aliphatic carbocycles. The van der Waals surface area contributed by atoms with E-state index in [-0.39, 0.29) is 11.9 Å². The largest absolute Gasteiger partial charge is 0.426 e. The summed E-state index contributed by atoms with van der Waals surface area (Å²) in [5.41, 5.74) is 0.570. The van der Waals surface area contributed by atoms with E-state index in [9.17, 15) is 4.79 Å². The molecule has 2 aliphatic rings. The first kappa shape index (κ1) is 16.0. The fraction of sp³-hybridized carbons (Fsp3) is 0.579. The lowest BCUT2D eigenvalue weighted by atomic mass is 9.67. The summed E-state index contributed by atoms with van der Waals surface area (Å²) < 4.78 is 11.0. The number of methoxy groups -OCH3 is 1. The van der Waals surface area contributed by atoms with Crippen LogP contribution < -0.4 is 4.74 Å². The Labute approximate surface area is 137 Å². The second-order valence-electron chi connectivity index (χ2n) is 6.76. The van der Waals surface area contributed by atoms with Gasteiger partial charge >= 0.3 is 5.97 Å². The molecule has 1 aromatic rings. The topological polar surface area (TPSA) is 59.3 Å². The van der Waals surface area contributed by atoms with Crippen molar-refractivity contribution in [2.24, 2.45) is 17.8 Å². The van der Waals surface area contributed by atoms with Crippen LogP contribution in [0.1, 0.15) is 44.1 Å². The molecule has 1 aromatic carbocycles. The number of carbonyl (C=O) groups is 1. The lowest BCUT2D eigenvalue weighted by molar-refractivity contribution is -0.141. The van der Waals surface area contributed by atoms with Gasteiger partial charge in [0.15, 0.2) is 0 Å². The maximum atomic E-state index is 12.4. The van der Waals surface area contributed by atoms with E-state index in [0.29, 0.717) is 29.3 Å². The molecular weight excluding hydrogens is 290 g/mol. The molecule has 0 radical (unpaired) electrons. The molecule has 0 aliphatic heterocycles. The van der Waals surface area contributed by atoms with Gasteiger partial charge in [-0.1, -0.05) is 0 Å². The molecule has 0 saturated heterocycles. The zero-order valence-corrected chi connectivity index (χ0v) is 13.5. The molecule has 4 nitrogen and oxygen atoms in total. The number of hydrogen-bond acceptors (Lipinski definition) is 4. The van der Waals surface area contributed by atoms with Crippen LogP contribution in [0.15, 0.2) is 24.3 Å². The third-order valence-electron chi connectivity index (χ3n) is 5.43. The van der Waals surface area contributed by atoms with Gasteiger partial charge in [-0.15, -0.1) is 0 Å². The average Bonchev–Trinajstić information content (AvgIpc) is 2.61. The predicted octanol–water partition coefficient (Wildman–Crippen LogP) is 3.70. The minimum Gasteiger partial charge on any atom is -0.426 e. The standard InChI is InChI=1S/C19H23NO3/c1-22-18-9-6-14-10-16(5-4-15(14)11-18)19(21)23-17-7-2-13(12-20)3-8-17/h2-3,7-8,14-16,18H,4-6,9-11H2,1H3. The van der Waals surface area contributed by atoms with E-state index >= 15 is 0 Å². The lowest BCUT2D eigenvalue weighted by Gasteiger charge is -2.41. The molecule has 0 N–H and O–H groups in total. The summed E-state index contributed by atoms with van der Waals surface area (Å²) >= 11 is 0. The smallest absolute Gasteiger partial charge is 0.314 e. The molecule has 0 heterocycles. The van der Waals surface area contributed by atoms with Gasteiger partial charge < -0.3 is 9.47 Å². The molecule has 4 unspecified atom stereocenters. The monoisotopic (exact) mass is 313 g/mol. The van der Waals surface area contributed by atoms with Crippen LogP contribution in [0.3, 0.4) is 0 Å². The van der Waals surface area contributed by atoms with Gasteiger partial charge in [-0.2, -0.15) is 5.26 Å². The first-order chi connectivity index (χ1) is 11.2. The van der Waals surface area contributed by atoms with Crippen LogP contribution >= 0.6 is 0 Å². The predicted molar refractivity (Wildman–Crippen MR) is 85.8 cm³/mol. The third kappa shape index (κ3) is 3.73. The van der Waals surface area contributed by atoms with E-state index in [1.165, 1.54) is 0 Å². The van der Waals surface area contributed by atoms with E-state index in [1.807, 2.05) is 0 Å². The van der Waals surface area contributed by atoms with Crippen molar-refractivity contribution < 1.29 is 14.3 Å². The Morgan fingerprint density at radius 1 is 1.09 bits per heavy atom. The minimum absolute atomic E-state index is 0.00554. The van der Waals surface area contributed by atoms with Crippen molar-refractivity contribution in [3.8, 4) is 11.8 Å². The molecule has 4 atom stereocenters. The summed E-state index contributed by atoms with van der Waals surface area (Å²) in [7, 11) is 1.80. The van der Waals surface area contributed by atoms with E-state index in [2.05, 4.69) is 6.07 Å². The molecule has 23 heavy (non-hydrogen) atoms. The molecule has 4 heteroatoms. The Morgan fingerprint density at radius 3 is 2.48 bits per heavy atom. The summed E-state index contributed by atoms with van der Waals surface area (Å²) in [6.45, 7) is 0. The number of nitrogens with zero attached hydrogens (tertiary/aromatic N) is 1. The first-order valence-electron chi connectivity index (χ1n) is 8.44. The summed E-state index contributed by atoms with van der Waals surface area (Å²) in [4.78, 5) is 12.4. The molecule has 0 bridgehead atoms. The summed E-state index contributed by atoms with van der Waals surface area (Å²) in [5.74, 6) is 1.74. The van der Waals surface area contributed by atoms with E-state index in [4.69, 9.17) is 14.7 Å². The van der Waals surface area contributed by atoms with Gasteiger partial charge in [0.1, 0.15) is 5.75 Å². The SMILES string of the molecule is COC1CCC2CC(C(=O)Oc3ccc(C#N)cc3)CCC2C1. The second kappa shape index (κ2) is 7.14. The van der Waals surface area contributed by atoms with Crippen LogP contribution in [0.5, 0.6) is 5.75 Å². The van der Waals surface area contributed by atoms with Gasteiger partial charge in [0.2, 0.25) is 0 Å². The highest BCUT2D eigenvalue weighted by Gasteiger charge is 2.38. The van der Waals surface area contributed by atoms with Gasteiger partial charge in [0.25, 0.3) is 0 Å². The molecule has 0 aromatic heterocycles. The van der Waals surface area contributed by atoms with Crippen LogP contribution in [-0.4, -0.2) is 19.2 Å². The molecular formula is C19H23NO3. The molecule has 2 fully saturated rings. The van der Waals surface area contributed by atoms with E-state index < -0.39 is 0 Å². The van der Waals surface area contributed by atoms with E-state index in [1.54, 1.807) is 31.4 Å². The number of carbonyl (C=O) groups excluding carboxylic acids is 1. The molecule has 0 amide bonds. The van der Waals surface area contributed by atoms with Gasteiger partial charge in [-0.25, -0.2) is 0 Å². The first-order valence-corrected chi connectivity index (χ1v) is 8.44. The number of rotatable bonds is 3. The summed E-state index contributed by atoms with van der Waals surface area (Å²) in [6.07, 6.45) is 6.75. The Kier molecular flexibility index (Phi) is 4.97. The van der Waals surface area contributed by atoms with Crippen LogP contribution in [0.2, 0.25) is 0 Å². The quantitative estimate of drug-likeness (QED) is 0.630. The fourth-order valence-electron chi connectivity index (χ4n) is 4.07. The Morgan fingerprint density at radius 2 is 1.78 bits per heavy atom. The Hall–Kier alpha value is -1.86. The zero-order chi connectivity index (χ0) is 16.2. The van der Waals surface area contributed by atoms with Gasteiger partial charge in [-0.05, 0) is 74.6 Å². The average molecular weight is 313 g/mol. The summed E-state index contributed by atoms with van der Waals surface area (Å²) in [5, 5.41) is 8.79. The van der Waals surface area contributed by atoms with Crippen molar-refractivity contribution in [1.29, 1.82) is 5.26 Å². The van der Waals surface area contributed by atoms with Crippen LogP contribution in [-0.2, 0) is 9.53 Å².